The van der Waals surface area contributed by atoms with E-state index in [2.05, 4.69) is 13.8 Å². The molecule has 1 rings (SSSR count). The molecule has 2 heteroatoms. The normalized spacial score (nSPS) is 35.8. The fourth-order valence-corrected chi connectivity index (χ4v) is 2.03. The van der Waals surface area contributed by atoms with Crippen molar-refractivity contribution < 1.29 is 4.74 Å². The molecule has 0 spiro atoms. The van der Waals surface area contributed by atoms with Crippen molar-refractivity contribution in [3.63, 3.8) is 0 Å². The highest BCUT2D eigenvalue weighted by molar-refractivity contribution is 4.95. The summed E-state index contributed by atoms with van der Waals surface area (Å²) in [5, 5.41) is 0. The molecule has 0 aromatic heterocycles. The predicted molar refractivity (Wildman–Crippen MR) is 51.1 cm³/mol. The molecule has 0 amide bonds. The maximum absolute atomic E-state index is 6.27. The van der Waals surface area contributed by atoms with E-state index in [0.29, 0.717) is 6.10 Å². The zero-order valence-corrected chi connectivity index (χ0v) is 8.31. The van der Waals surface area contributed by atoms with E-state index in [0.717, 1.165) is 25.9 Å². The zero-order valence-electron chi connectivity index (χ0n) is 8.31. The van der Waals surface area contributed by atoms with Gasteiger partial charge >= 0.3 is 0 Å². The Bertz CT molecular complexity index is 138. The van der Waals surface area contributed by atoms with Crippen molar-refractivity contribution in [3.8, 4) is 0 Å². The molecule has 1 aliphatic heterocycles. The third-order valence-electron chi connectivity index (χ3n) is 2.89. The van der Waals surface area contributed by atoms with E-state index >= 15 is 0 Å². The topological polar surface area (TPSA) is 35.2 Å². The van der Waals surface area contributed by atoms with Crippen LogP contribution in [0.2, 0.25) is 0 Å². The second-order valence-electron chi connectivity index (χ2n) is 3.85. The van der Waals surface area contributed by atoms with Gasteiger partial charge in [0.25, 0.3) is 0 Å². The van der Waals surface area contributed by atoms with Gasteiger partial charge in [0, 0.05) is 12.1 Å². The summed E-state index contributed by atoms with van der Waals surface area (Å²) in [6, 6.07) is 0. The molecule has 12 heavy (non-hydrogen) atoms. The van der Waals surface area contributed by atoms with E-state index < -0.39 is 0 Å². The minimum Gasteiger partial charge on any atom is -0.376 e. The number of unbranched alkanes of at least 4 members (excludes halogenated alkanes) is 1. The van der Waals surface area contributed by atoms with E-state index in [1.54, 1.807) is 0 Å². The SMILES string of the molecule is CCCCC1(N)CCOC1CC. The predicted octanol–water partition coefficient (Wildman–Crippen LogP) is 2.07. The van der Waals surface area contributed by atoms with Crippen molar-refractivity contribution in [2.45, 2.75) is 57.6 Å². The molecule has 2 unspecified atom stereocenters. The first-order valence-electron chi connectivity index (χ1n) is 5.13. The minimum absolute atomic E-state index is 0.00917. The van der Waals surface area contributed by atoms with E-state index in [9.17, 15) is 0 Å². The number of hydrogen-bond donors (Lipinski definition) is 1. The van der Waals surface area contributed by atoms with Crippen LogP contribution in [-0.2, 0) is 4.74 Å². The standard InChI is InChI=1S/C10H21NO/c1-3-5-6-10(11)7-8-12-9(10)4-2/h9H,3-8,11H2,1-2H3. The molecule has 0 aromatic rings. The summed E-state index contributed by atoms with van der Waals surface area (Å²) in [7, 11) is 0. The third kappa shape index (κ3) is 1.99. The average molecular weight is 171 g/mol. The maximum Gasteiger partial charge on any atom is 0.0752 e. The van der Waals surface area contributed by atoms with Crippen LogP contribution in [0.15, 0.2) is 0 Å². The van der Waals surface area contributed by atoms with Crippen molar-refractivity contribution in [2.24, 2.45) is 5.73 Å². The molecular formula is C10H21NO. The summed E-state index contributed by atoms with van der Waals surface area (Å²) in [4.78, 5) is 0. The molecule has 1 saturated heterocycles. The molecule has 2 atom stereocenters. The van der Waals surface area contributed by atoms with Gasteiger partial charge in [-0.3, -0.25) is 0 Å². The number of rotatable bonds is 4. The highest BCUT2D eigenvalue weighted by Crippen LogP contribution is 2.30. The lowest BCUT2D eigenvalue weighted by molar-refractivity contribution is 0.0741. The van der Waals surface area contributed by atoms with Crippen LogP contribution in [0, 0.1) is 0 Å². The summed E-state index contributed by atoms with van der Waals surface area (Å²) in [5.41, 5.74) is 6.27. The van der Waals surface area contributed by atoms with Crippen molar-refractivity contribution in [1.29, 1.82) is 0 Å². The molecule has 0 radical (unpaired) electrons. The molecule has 0 saturated carbocycles. The summed E-state index contributed by atoms with van der Waals surface area (Å²) >= 11 is 0. The third-order valence-corrected chi connectivity index (χ3v) is 2.89. The van der Waals surface area contributed by atoms with Crippen LogP contribution in [0.5, 0.6) is 0 Å². The summed E-state index contributed by atoms with van der Waals surface area (Å²) in [6.45, 7) is 5.22. The highest BCUT2D eigenvalue weighted by atomic mass is 16.5. The van der Waals surface area contributed by atoms with E-state index in [-0.39, 0.29) is 5.54 Å². The van der Waals surface area contributed by atoms with Crippen LogP contribution >= 0.6 is 0 Å². The second kappa shape index (κ2) is 4.24. The van der Waals surface area contributed by atoms with Gasteiger partial charge in [-0.2, -0.15) is 0 Å². The van der Waals surface area contributed by atoms with Gasteiger partial charge in [-0.1, -0.05) is 26.7 Å². The van der Waals surface area contributed by atoms with E-state index in [4.69, 9.17) is 10.5 Å². The van der Waals surface area contributed by atoms with Crippen molar-refractivity contribution in [2.75, 3.05) is 6.61 Å². The Labute approximate surface area is 75.5 Å². The average Bonchev–Trinajstić information content (AvgIpc) is 2.44. The van der Waals surface area contributed by atoms with Gasteiger partial charge < -0.3 is 10.5 Å². The van der Waals surface area contributed by atoms with Crippen molar-refractivity contribution in [1.82, 2.24) is 0 Å². The lowest BCUT2D eigenvalue weighted by Crippen LogP contribution is -2.47. The van der Waals surface area contributed by atoms with Crippen LogP contribution in [0.3, 0.4) is 0 Å². The van der Waals surface area contributed by atoms with Gasteiger partial charge in [0.1, 0.15) is 0 Å². The smallest absolute Gasteiger partial charge is 0.0752 e. The Kier molecular flexibility index (Phi) is 3.53. The summed E-state index contributed by atoms with van der Waals surface area (Å²) in [6.07, 6.45) is 6.00. The first kappa shape index (κ1) is 10.0. The maximum atomic E-state index is 6.27. The van der Waals surface area contributed by atoms with Gasteiger partial charge in [0.2, 0.25) is 0 Å². The molecule has 72 valence electrons. The lowest BCUT2D eigenvalue weighted by Gasteiger charge is -2.29. The molecule has 1 fully saturated rings. The Morgan fingerprint density at radius 2 is 2.25 bits per heavy atom. The Morgan fingerprint density at radius 1 is 1.50 bits per heavy atom. The molecule has 0 bridgehead atoms. The van der Waals surface area contributed by atoms with E-state index in [1.165, 1.54) is 12.8 Å². The number of hydrogen-bond acceptors (Lipinski definition) is 2. The summed E-state index contributed by atoms with van der Waals surface area (Å²) in [5.74, 6) is 0. The van der Waals surface area contributed by atoms with Crippen LogP contribution < -0.4 is 5.73 Å². The Balaban J connectivity index is 2.43. The second-order valence-corrected chi connectivity index (χ2v) is 3.85. The molecule has 2 N–H and O–H groups in total. The van der Waals surface area contributed by atoms with Gasteiger partial charge in [-0.25, -0.2) is 0 Å². The lowest BCUT2D eigenvalue weighted by atomic mass is 9.86. The monoisotopic (exact) mass is 171 g/mol. The molecule has 2 nitrogen and oxygen atoms in total. The molecular weight excluding hydrogens is 150 g/mol. The van der Waals surface area contributed by atoms with Crippen molar-refractivity contribution >= 4 is 0 Å². The van der Waals surface area contributed by atoms with Gasteiger partial charge in [0.05, 0.1) is 6.10 Å². The fraction of sp³-hybridized carbons (Fsp3) is 1.00. The molecule has 0 aliphatic carbocycles. The van der Waals surface area contributed by atoms with Gasteiger partial charge in [-0.15, -0.1) is 0 Å². The Morgan fingerprint density at radius 3 is 2.83 bits per heavy atom. The summed E-state index contributed by atoms with van der Waals surface area (Å²) < 4.78 is 5.59. The van der Waals surface area contributed by atoms with Crippen LogP contribution in [0.25, 0.3) is 0 Å². The fourth-order valence-electron chi connectivity index (χ4n) is 2.03. The number of ether oxygens (including phenoxy) is 1. The first-order valence-corrected chi connectivity index (χ1v) is 5.13. The minimum atomic E-state index is -0.00917. The quantitative estimate of drug-likeness (QED) is 0.702. The zero-order chi connectivity index (χ0) is 9.03. The number of nitrogens with two attached hydrogens (primary N) is 1. The molecule has 1 aliphatic rings. The van der Waals surface area contributed by atoms with Gasteiger partial charge in [0.15, 0.2) is 0 Å². The van der Waals surface area contributed by atoms with Crippen molar-refractivity contribution in [3.05, 3.63) is 0 Å². The van der Waals surface area contributed by atoms with Crippen LogP contribution in [-0.4, -0.2) is 18.2 Å². The Hall–Kier alpha value is -0.0800. The highest BCUT2D eigenvalue weighted by Gasteiger charge is 2.38. The van der Waals surface area contributed by atoms with Crippen LogP contribution in [0.4, 0.5) is 0 Å². The van der Waals surface area contributed by atoms with Crippen LogP contribution in [0.1, 0.15) is 46.0 Å². The molecule has 1 heterocycles. The molecule has 0 aromatic carbocycles. The largest absolute Gasteiger partial charge is 0.376 e. The van der Waals surface area contributed by atoms with Gasteiger partial charge in [-0.05, 0) is 19.3 Å². The van der Waals surface area contributed by atoms with E-state index in [1.807, 2.05) is 0 Å². The first-order chi connectivity index (χ1) is 5.73.